The molecule has 0 heterocycles. The van der Waals surface area contributed by atoms with E-state index < -0.39 is 10.0 Å². The average Bonchev–Trinajstić information content (AvgIpc) is 2.34. The van der Waals surface area contributed by atoms with Crippen LogP contribution in [-0.2, 0) is 10.0 Å². The summed E-state index contributed by atoms with van der Waals surface area (Å²) in [4.78, 5) is 0. The SMILES string of the molecule is CCCNCCS(=O)(=O)Nc1ccccc1C(C)C. The number of nitrogens with one attached hydrogen (secondary N) is 2. The second-order valence-electron chi connectivity index (χ2n) is 4.91. The molecular weight excluding hydrogens is 260 g/mol. The van der Waals surface area contributed by atoms with Crippen LogP contribution in [0.3, 0.4) is 0 Å². The van der Waals surface area contributed by atoms with Crippen LogP contribution in [0.25, 0.3) is 0 Å². The maximum atomic E-state index is 12.0. The van der Waals surface area contributed by atoms with Crippen molar-refractivity contribution in [2.24, 2.45) is 0 Å². The van der Waals surface area contributed by atoms with Crippen molar-refractivity contribution in [3.63, 3.8) is 0 Å². The fourth-order valence-electron chi connectivity index (χ4n) is 1.82. The minimum Gasteiger partial charge on any atom is -0.316 e. The highest BCUT2D eigenvalue weighted by Crippen LogP contribution is 2.24. The van der Waals surface area contributed by atoms with Crippen molar-refractivity contribution in [2.75, 3.05) is 23.6 Å². The fourth-order valence-corrected chi connectivity index (χ4v) is 2.86. The molecule has 0 bridgehead atoms. The van der Waals surface area contributed by atoms with Crippen molar-refractivity contribution in [3.05, 3.63) is 29.8 Å². The fraction of sp³-hybridized carbons (Fsp3) is 0.571. The van der Waals surface area contributed by atoms with Crippen molar-refractivity contribution in [3.8, 4) is 0 Å². The molecule has 5 heteroatoms. The molecule has 1 rings (SSSR count). The van der Waals surface area contributed by atoms with Gasteiger partial charge >= 0.3 is 0 Å². The van der Waals surface area contributed by atoms with Gasteiger partial charge in [-0.1, -0.05) is 39.0 Å². The average molecular weight is 284 g/mol. The summed E-state index contributed by atoms with van der Waals surface area (Å²) < 4.78 is 26.7. The first-order valence-electron chi connectivity index (χ1n) is 6.76. The van der Waals surface area contributed by atoms with Crippen molar-refractivity contribution in [1.29, 1.82) is 0 Å². The van der Waals surface area contributed by atoms with Gasteiger partial charge in [-0.05, 0) is 30.5 Å². The van der Waals surface area contributed by atoms with E-state index in [0.717, 1.165) is 18.5 Å². The summed E-state index contributed by atoms with van der Waals surface area (Å²) in [5.41, 5.74) is 1.71. The first kappa shape index (κ1) is 16.0. The number of benzene rings is 1. The largest absolute Gasteiger partial charge is 0.316 e. The first-order valence-corrected chi connectivity index (χ1v) is 8.41. The maximum Gasteiger partial charge on any atom is 0.233 e. The Kier molecular flexibility index (Phi) is 6.31. The van der Waals surface area contributed by atoms with Crippen LogP contribution in [0.4, 0.5) is 5.69 Å². The van der Waals surface area contributed by atoms with E-state index in [1.807, 2.05) is 24.3 Å². The van der Waals surface area contributed by atoms with E-state index in [1.54, 1.807) is 0 Å². The lowest BCUT2D eigenvalue weighted by Crippen LogP contribution is -2.27. The molecule has 0 aliphatic heterocycles. The molecule has 0 saturated carbocycles. The van der Waals surface area contributed by atoms with Crippen LogP contribution in [-0.4, -0.2) is 27.3 Å². The van der Waals surface area contributed by atoms with Crippen molar-refractivity contribution in [1.82, 2.24) is 5.32 Å². The maximum absolute atomic E-state index is 12.0. The summed E-state index contributed by atoms with van der Waals surface area (Å²) in [6.07, 6.45) is 1.00. The highest BCUT2D eigenvalue weighted by Gasteiger charge is 2.13. The van der Waals surface area contributed by atoms with Gasteiger partial charge in [-0.25, -0.2) is 8.42 Å². The van der Waals surface area contributed by atoms with Gasteiger partial charge in [0.15, 0.2) is 0 Å². The molecule has 0 unspecified atom stereocenters. The Morgan fingerprint density at radius 2 is 1.84 bits per heavy atom. The monoisotopic (exact) mass is 284 g/mol. The zero-order valence-corrected chi connectivity index (χ0v) is 12.8. The van der Waals surface area contributed by atoms with Crippen LogP contribution in [0.15, 0.2) is 24.3 Å². The Balaban J connectivity index is 2.68. The Bertz CT molecular complexity index is 484. The van der Waals surface area contributed by atoms with E-state index in [2.05, 4.69) is 30.8 Å². The molecule has 0 atom stereocenters. The van der Waals surface area contributed by atoms with Gasteiger partial charge in [-0.3, -0.25) is 4.72 Å². The summed E-state index contributed by atoms with van der Waals surface area (Å²) in [7, 11) is -3.28. The Morgan fingerprint density at radius 3 is 2.47 bits per heavy atom. The van der Waals surface area contributed by atoms with E-state index in [-0.39, 0.29) is 11.7 Å². The van der Waals surface area contributed by atoms with Crippen molar-refractivity contribution < 1.29 is 8.42 Å². The van der Waals surface area contributed by atoms with E-state index in [1.165, 1.54) is 0 Å². The zero-order valence-electron chi connectivity index (χ0n) is 11.9. The van der Waals surface area contributed by atoms with Gasteiger partial charge in [-0.15, -0.1) is 0 Å². The third kappa shape index (κ3) is 5.61. The van der Waals surface area contributed by atoms with E-state index in [0.29, 0.717) is 12.2 Å². The smallest absolute Gasteiger partial charge is 0.233 e. The van der Waals surface area contributed by atoms with Gasteiger partial charge < -0.3 is 5.32 Å². The summed E-state index contributed by atoms with van der Waals surface area (Å²) >= 11 is 0. The molecule has 108 valence electrons. The molecule has 0 aliphatic rings. The molecule has 19 heavy (non-hydrogen) atoms. The quantitative estimate of drug-likeness (QED) is 0.721. The van der Waals surface area contributed by atoms with Gasteiger partial charge in [0.25, 0.3) is 0 Å². The molecule has 0 aromatic heterocycles. The van der Waals surface area contributed by atoms with Crippen LogP contribution >= 0.6 is 0 Å². The minimum absolute atomic E-state index is 0.0967. The summed E-state index contributed by atoms with van der Waals surface area (Å²) in [6.45, 7) is 7.48. The third-order valence-electron chi connectivity index (χ3n) is 2.82. The van der Waals surface area contributed by atoms with Gasteiger partial charge in [-0.2, -0.15) is 0 Å². The highest BCUT2D eigenvalue weighted by atomic mass is 32.2. The van der Waals surface area contributed by atoms with Crippen LogP contribution in [0.2, 0.25) is 0 Å². The van der Waals surface area contributed by atoms with Crippen molar-refractivity contribution in [2.45, 2.75) is 33.1 Å². The molecule has 4 nitrogen and oxygen atoms in total. The molecule has 1 aromatic rings. The van der Waals surface area contributed by atoms with E-state index in [9.17, 15) is 8.42 Å². The van der Waals surface area contributed by atoms with Gasteiger partial charge in [0.1, 0.15) is 0 Å². The topological polar surface area (TPSA) is 58.2 Å². The lowest BCUT2D eigenvalue weighted by atomic mass is 10.0. The number of hydrogen-bond donors (Lipinski definition) is 2. The molecule has 0 radical (unpaired) electrons. The first-order chi connectivity index (χ1) is 8.96. The minimum atomic E-state index is -3.28. The molecule has 0 fully saturated rings. The molecule has 0 spiro atoms. The van der Waals surface area contributed by atoms with Crippen molar-refractivity contribution >= 4 is 15.7 Å². The lowest BCUT2D eigenvalue weighted by molar-refractivity contribution is 0.595. The number of anilines is 1. The Labute approximate surface area is 116 Å². The van der Waals surface area contributed by atoms with E-state index >= 15 is 0 Å². The number of hydrogen-bond acceptors (Lipinski definition) is 3. The predicted molar refractivity (Wildman–Crippen MR) is 81.1 cm³/mol. The lowest BCUT2D eigenvalue weighted by Gasteiger charge is -2.14. The molecule has 1 aromatic carbocycles. The molecule has 0 amide bonds. The van der Waals surface area contributed by atoms with Gasteiger partial charge in [0.2, 0.25) is 10.0 Å². The Morgan fingerprint density at radius 1 is 1.16 bits per heavy atom. The van der Waals surface area contributed by atoms with Crippen LogP contribution in [0, 0.1) is 0 Å². The van der Waals surface area contributed by atoms with Crippen LogP contribution in [0.1, 0.15) is 38.7 Å². The number of sulfonamides is 1. The van der Waals surface area contributed by atoms with Gasteiger partial charge in [0.05, 0.1) is 11.4 Å². The number of para-hydroxylation sites is 1. The Hall–Kier alpha value is -1.07. The normalized spacial score (nSPS) is 11.8. The molecule has 2 N–H and O–H groups in total. The second-order valence-corrected chi connectivity index (χ2v) is 6.75. The van der Waals surface area contributed by atoms with E-state index in [4.69, 9.17) is 0 Å². The predicted octanol–water partition coefficient (Wildman–Crippen LogP) is 2.55. The summed E-state index contributed by atoms with van der Waals surface area (Å²) in [5.74, 6) is 0.386. The highest BCUT2D eigenvalue weighted by molar-refractivity contribution is 7.92. The van der Waals surface area contributed by atoms with Crippen LogP contribution < -0.4 is 10.0 Å². The molecular formula is C14H24N2O2S. The van der Waals surface area contributed by atoms with Crippen LogP contribution in [0.5, 0.6) is 0 Å². The van der Waals surface area contributed by atoms with Gasteiger partial charge in [0, 0.05) is 6.54 Å². The number of rotatable bonds is 8. The summed E-state index contributed by atoms with van der Waals surface area (Å²) in [6, 6.07) is 7.54. The standard InChI is InChI=1S/C14H24N2O2S/c1-4-9-15-10-11-19(17,18)16-14-8-6-5-7-13(14)12(2)3/h5-8,12,15-16H,4,9-11H2,1-3H3. The second kappa shape index (κ2) is 7.50. The molecule has 0 saturated heterocycles. The summed E-state index contributed by atoms with van der Waals surface area (Å²) in [5, 5.41) is 3.10. The third-order valence-corrected chi connectivity index (χ3v) is 4.10. The molecule has 0 aliphatic carbocycles. The zero-order chi connectivity index (χ0) is 14.3.